The van der Waals surface area contributed by atoms with Crippen LogP contribution in [0.3, 0.4) is 0 Å². The number of carboxylic acids is 1. The summed E-state index contributed by atoms with van der Waals surface area (Å²) in [5, 5.41) is 9.01. The van der Waals surface area contributed by atoms with Gasteiger partial charge < -0.3 is 9.84 Å². The van der Waals surface area contributed by atoms with Gasteiger partial charge >= 0.3 is 5.97 Å². The summed E-state index contributed by atoms with van der Waals surface area (Å²) in [6, 6.07) is 13.5. The molecule has 1 heterocycles. The smallest absolute Gasteiger partial charge is 0.335 e. The SMILES string of the molecule is CCCC1(CCC)CCCOc2cc(/C=C/c3ccc(C(=O)O)cc3)ccc21. The average molecular weight is 379 g/mol. The molecule has 0 saturated carbocycles. The first-order valence-corrected chi connectivity index (χ1v) is 10.4. The molecule has 148 valence electrons. The zero-order valence-corrected chi connectivity index (χ0v) is 16.9. The van der Waals surface area contributed by atoms with E-state index in [1.54, 1.807) is 12.1 Å². The molecule has 3 rings (SSSR count). The lowest BCUT2D eigenvalue weighted by molar-refractivity contribution is 0.0697. The quantitative estimate of drug-likeness (QED) is 0.555. The van der Waals surface area contributed by atoms with Gasteiger partial charge in [-0.25, -0.2) is 4.79 Å². The third kappa shape index (κ3) is 4.46. The van der Waals surface area contributed by atoms with Crippen LogP contribution < -0.4 is 4.74 Å². The molecule has 0 saturated heterocycles. The molecule has 0 fully saturated rings. The van der Waals surface area contributed by atoms with Gasteiger partial charge in [-0.3, -0.25) is 0 Å². The van der Waals surface area contributed by atoms with Gasteiger partial charge in [-0.15, -0.1) is 0 Å². The lowest BCUT2D eigenvalue weighted by Gasteiger charge is -2.33. The minimum absolute atomic E-state index is 0.240. The van der Waals surface area contributed by atoms with E-state index in [4.69, 9.17) is 9.84 Å². The van der Waals surface area contributed by atoms with Crippen molar-refractivity contribution in [3.8, 4) is 5.75 Å². The van der Waals surface area contributed by atoms with Crippen LogP contribution in [0.5, 0.6) is 5.75 Å². The summed E-state index contributed by atoms with van der Waals surface area (Å²) in [7, 11) is 0. The first-order valence-electron chi connectivity index (χ1n) is 10.4. The van der Waals surface area contributed by atoms with E-state index in [1.165, 1.54) is 37.7 Å². The number of aromatic carboxylic acids is 1. The van der Waals surface area contributed by atoms with E-state index in [9.17, 15) is 4.79 Å². The van der Waals surface area contributed by atoms with Gasteiger partial charge in [-0.2, -0.15) is 0 Å². The lowest BCUT2D eigenvalue weighted by Crippen LogP contribution is -2.25. The monoisotopic (exact) mass is 378 g/mol. The summed E-state index contributed by atoms with van der Waals surface area (Å²) in [4.78, 5) is 11.0. The number of ether oxygens (including phenoxy) is 1. The maximum absolute atomic E-state index is 11.0. The standard InChI is InChI=1S/C25H30O3/c1-3-14-25(15-4-2)16-5-17-28-23-18-20(10-13-22(23)25)7-6-19-8-11-21(12-9-19)24(26)27/h6-13,18H,3-5,14-17H2,1-2H3,(H,26,27)/b7-6+. The molecule has 1 aliphatic heterocycles. The fraction of sp³-hybridized carbons (Fsp3) is 0.400. The van der Waals surface area contributed by atoms with Gasteiger partial charge in [-0.1, -0.05) is 63.1 Å². The molecule has 1 N–H and O–H groups in total. The van der Waals surface area contributed by atoms with Crippen molar-refractivity contribution in [1.29, 1.82) is 0 Å². The van der Waals surface area contributed by atoms with E-state index in [1.807, 2.05) is 18.2 Å². The number of carboxylic acid groups (broad SMARTS) is 1. The molecule has 0 radical (unpaired) electrons. The van der Waals surface area contributed by atoms with Crippen molar-refractivity contribution in [2.75, 3.05) is 6.61 Å². The molecule has 0 spiro atoms. The van der Waals surface area contributed by atoms with Crippen molar-refractivity contribution in [3.05, 3.63) is 64.7 Å². The number of hydrogen-bond donors (Lipinski definition) is 1. The van der Waals surface area contributed by atoms with Crippen molar-refractivity contribution in [3.63, 3.8) is 0 Å². The second kappa shape index (κ2) is 9.09. The lowest BCUT2D eigenvalue weighted by atomic mass is 9.70. The van der Waals surface area contributed by atoms with Gasteiger partial charge in [0.25, 0.3) is 0 Å². The molecular formula is C25H30O3. The van der Waals surface area contributed by atoms with E-state index in [2.05, 4.69) is 38.1 Å². The molecule has 2 aromatic rings. The minimum atomic E-state index is -0.902. The van der Waals surface area contributed by atoms with Crippen LogP contribution in [0.1, 0.15) is 79.4 Å². The maximum Gasteiger partial charge on any atom is 0.335 e. The largest absolute Gasteiger partial charge is 0.493 e. The predicted molar refractivity (Wildman–Crippen MR) is 115 cm³/mol. The normalized spacial score (nSPS) is 15.6. The van der Waals surface area contributed by atoms with Gasteiger partial charge in [0.2, 0.25) is 0 Å². The molecule has 0 atom stereocenters. The second-order valence-corrected chi connectivity index (χ2v) is 7.75. The van der Waals surface area contributed by atoms with E-state index >= 15 is 0 Å². The first-order chi connectivity index (χ1) is 13.6. The number of rotatable bonds is 7. The highest BCUT2D eigenvalue weighted by Crippen LogP contribution is 2.45. The third-order valence-corrected chi connectivity index (χ3v) is 5.72. The maximum atomic E-state index is 11.0. The fourth-order valence-corrected chi connectivity index (χ4v) is 4.46. The molecule has 3 nitrogen and oxygen atoms in total. The Morgan fingerprint density at radius 2 is 1.68 bits per heavy atom. The van der Waals surface area contributed by atoms with Crippen LogP contribution in [0.2, 0.25) is 0 Å². The predicted octanol–water partition coefficient (Wildman–Crippen LogP) is 6.57. The topological polar surface area (TPSA) is 46.5 Å². The van der Waals surface area contributed by atoms with E-state index in [0.29, 0.717) is 5.56 Å². The minimum Gasteiger partial charge on any atom is -0.493 e. The zero-order chi connectivity index (χ0) is 20.0. The van der Waals surface area contributed by atoms with E-state index < -0.39 is 5.97 Å². The molecule has 0 aliphatic carbocycles. The summed E-state index contributed by atoms with van der Waals surface area (Å²) < 4.78 is 6.13. The van der Waals surface area contributed by atoms with Crippen LogP contribution in [-0.2, 0) is 5.41 Å². The Bertz CT molecular complexity index is 827. The molecule has 28 heavy (non-hydrogen) atoms. The first kappa shape index (κ1) is 20.2. The zero-order valence-electron chi connectivity index (χ0n) is 16.9. The second-order valence-electron chi connectivity index (χ2n) is 7.75. The number of benzene rings is 2. The van der Waals surface area contributed by atoms with Crippen LogP contribution >= 0.6 is 0 Å². The van der Waals surface area contributed by atoms with Crippen molar-refractivity contribution >= 4 is 18.1 Å². The Morgan fingerprint density at radius 3 is 2.32 bits per heavy atom. The average Bonchev–Trinajstić information content (AvgIpc) is 2.87. The van der Waals surface area contributed by atoms with Crippen molar-refractivity contribution in [1.82, 2.24) is 0 Å². The molecule has 0 unspecified atom stereocenters. The highest BCUT2D eigenvalue weighted by molar-refractivity contribution is 5.88. The van der Waals surface area contributed by atoms with Crippen LogP contribution in [0, 0.1) is 0 Å². The fourth-order valence-electron chi connectivity index (χ4n) is 4.46. The van der Waals surface area contributed by atoms with E-state index in [0.717, 1.165) is 29.9 Å². The van der Waals surface area contributed by atoms with Gasteiger partial charge in [0.15, 0.2) is 0 Å². The summed E-state index contributed by atoms with van der Waals surface area (Å²) in [6.07, 6.45) is 11.2. The highest BCUT2D eigenvalue weighted by atomic mass is 16.5. The van der Waals surface area contributed by atoms with Gasteiger partial charge in [0, 0.05) is 5.56 Å². The van der Waals surface area contributed by atoms with E-state index in [-0.39, 0.29) is 5.41 Å². The Kier molecular flexibility index (Phi) is 6.56. The molecule has 0 aromatic heterocycles. The Labute approximate surface area is 168 Å². The van der Waals surface area contributed by atoms with Crippen molar-refractivity contribution < 1.29 is 14.6 Å². The summed E-state index contributed by atoms with van der Waals surface area (Å²) in [5.74, 6) is 0.129. The van der Waals surface area contributed by atoms with Crippen LogP contribution in [0.4, 0.5) is 0 Å². The summed E-state index contributed by atoms with van der Waals surface area (Å²) >= 11 is 0. The number of carbonyl (C=O) groups is 1. The number of hydrogen-bond acceptors (Lipinski definition) is 2. The summed E-state index contributed by atoms with van der Waals surface area (Å²) in [5.41, 5.74) is 4.00. The van der Waals surface area contributed by atoms with Crippen LogP contribution in [0.25, 0.3) is 12.2 Å². The molecule has 0 bridgehead atoms. The molecule has 3 heteroatoms. The Balaban J connectivity index is 1.87. The molecule has 0 amide bonds. The van der Waals surface area contributed by atoms with Gasteiger partial charge in [0.1, 0.15) is 5.75 Å². The highest BCUT2D eigenvalue weighted by Gasteiger charge is 2.34. The third-order valence-electron chi connectivity index (χ3n) is 5.72. The number of fused-ring (bicyclic) bond motifs is 1. The molecule has 2 aromatic carbocycles. The van der Waals surface area contributed by atoms with Crippen molar-refractivity contribution in [2.24, 2.45) is 0 Å². The van der Waals surface area contributed by atoms with Gasteiger partial charge in [-0.05, 0) is 60.4 Å². The Hall–Kier alpha value is -2.55. The molecular weight excluding hydrogens is 348 g/mol. The van der Waals surface area contributed by atoms with Crippen LogP contribution in [-0.4, -0.2) is 17.7 Å². The Morgan fingerprint density at radius 1 is 1.04 bits per heavy atom. The van der Waals surface area contributed by atoms with Crippen molar-refractivity contribution in [2.45, 2.75) is 57.8 Å². The molecule has 1 aliphatic rings. The van der Waals surface area contributed by atoms with Gasteiger partial charge in [0.05, 0.1) is 12.2 Å². The summed E-state index contributed by atoms with van der Waals surface area (Å²) in [6.45, 7) is 5.33. The van der Waals surface area contributed by atoms with Crippen LogP contribution in [0.15, 0.2) is 42.5 Å².